The van der Waals surface area contributed by atoms with E-state index in [-0.39, 0.29) is 54.8 Å². The van der Waals surface area contributed by atoms with Crippen LogP contribution in [0.4, 0.5) is 0 Å². The standard InChI is InChI=1S/C51H31N3OS/c1-4-13-32(14-5-1)35-26-28-45-44(30-35)41-27-25-38(31-46(41)56-45)51-53-49(34-17-8-3-9-18-34)52-50(54-51)37-20-10-19-36(29-37)40-22-12-24-43-42-23-11-21-39(47(42)55-48(40)43)33-15-6-2-7-16-33/h1-31H/i1D,4D,5D,13D,14D,25D,26D,27D,28D,30D,31D. The highest BCUT2D eigenvalue weighted by atomic mass is 32.1. The van der Waals surface area contributed by atoms with Crippen molar-refractivity contribution in [3.8, 4) is 67.5 Å². The largest absolute Gasteiger partial charge is 0.455 e. The van der Waals surface area contributed by atoms with Gasteiger partial charge in [-0.05, 0) is 46.4 Å². The fourth-order valence-corrected chi connectivity index (χ4v) is 8.02. The molecule has 56 heavy (non-hydrogen) atoms. The van der Waals surface area contributed by atoms with Crippen LogP contribution in [-0.2, 0) is 0 Å². The molecule has 0 aliphatic rings. The molecule has 3 aromatic heterocycles. The quantitative estimate of drug-likeness (QED) is 0.170. The molecule has 5 heteroatoms. The molecule has 0 unspecified atom stereocenters. The molecule has 0 radical (unpaired) electrons. The van der Waals surface area contributed by atoms with Crippen LogP contribution in [0.25, 0.3) is 110 Å². The van der Waals surface area contributed by atoms with Crippen molar-refractivity contribution in [2.75, 3.05) is 0 Å². The van der Waals surface area contributed by atoms with E-state index in [0.29, 0.717) is 16.7 Å². The van der Waals surface area contributed by atoms with E-state index < -0.39 is 66.0 Å². The molecule has 4 nitrogen and oxygen atoms in total. The highest BCUT2D eigenvalue weighted by molar-refractivity contribution is 7.25. The summed E-state index contributed by atoms with van der Waals surface area (Å²) in [5.74, 6) is 0.437. The van der Waals surface area contributed by atoms with Gasteiger partial charge >= 0.3 is 0 Å². The summed E-state index contributed by atoms with van der Waals surface area (Å²) in [6.45, 7) is 0. The Morgan fingerprint density at radius 1 is 0.393 bits per heavy atom. The molecule has 0 saturated heterocycles. The number of fused-ring (bicyclic) bond motifs is 6. The summed E-state index contributed by atoms with van der Waals surface area (Å²) in [4.78, 5) is 14.6. The minimum atomic E-state index is -0.663. The minimum absolute atomic E-state index is 0.00761. The monoisotopic (exact) mass is 744 g/mol. The second-order valence-electron chi connectivity index (χ2n) is 13.1. The van der Waals surface area contributed by atoms with E-state index in [0.717, 1.165) is 49.9 Å². The smallest absolute Gasteiger partial charge is 0.164 e. The zero-order chi connectivity index (χ0) is 46.6. The summed E-state index contributed by atoms with van der Waals surface area (Å²) < 4.78 is 104. The normalized spacial score (nSPS) is 14.3. The minimum Gasteiger partial charge on any atom is -0.455 e. The summed E-state index contributed by atoms with van der Waals surface area (Å²) in [5.41, 5.74) is 5.53. The van der Waals surface area contributed by atoms with Crippen molar-refractivity contribution in [1.82, 2.24) is 15.0 Å². The number of hydrogen-bond donors (Lipinski definition) is 0. The second-order valence-corrected chi connectivity index (χ2v) is 14.1. The molecule has 0 bridgehead atoms. The van der Waals surface area contributed by atoms with Gasteiger partial charge in [0, 0.05) is 58.8 Å². The Bertz CT molecular complexity index is 3870. The lowest BCUT2D eigenvalue weighted by Gasteiger charge is -2.10. The van der Waals surface area contributed by atoms with Gasteiger partial charge in [-0.3, -0.25) is 0 Å². The van der Waals surface area contributed by atoms with Crippen LogP contribution < -0.4 is 0 Å². The Morgan fingerprint density at radius 3 is 1.71 bits per heavy atom. The Labute approximate surface area is 342 Å². The fraction of sp³-hybridized carbons (Fsp3) is 0. The van der Waals surface area contributed by atoms with Gasteiger partial charge < -0.3 is 4.42 Å². The van der Waals surface area contributed by atoms with Crippen molar-refractivity contribution >= 4 is 53.4 Å². The summed E-state index contributed by atoms with van der Waals surface area (Å²) in [5, 5.41) is 1.90. The predicted molar refractivity (Wildman–Crippen MR) is 233 cm³/mol. The Hall–Kier alpha value is -7.21. The van der Waals surface area contributed by atoms with Crippen molar-refractivity contribution in [1.29, 1.82) is 0 Å². The molecule has 0 aliphatic carbocycles. The van der Waals surface area contributed by atoms with E-state index >= 15 is 0 Å². The van der Waals surface area contributed by atoms with Crippen LogP contribution >= 0.6 is 11.3 Å². The molecule has 11 aromatic rings. The lowest BCUT2D eigenvalue weighted by molar-refractivity contribution is 0.671. The van der Waals surface area contributed by atoms with E-state index in [1.807, 2.05) is 103 Å². The van der Waals surface area contributed by atoms with Gasteiger partial charge in [-0.25, -0.2) is 15.0 Å². The molecule has 262 valence electrons. The Morgan fingerprint density at radius 2 is 0.982 bits per heavy atom. The van der Waals surface area contributed by atoms with E-state index in [1.165, 1.54) is 0 Å². The van der Waals surface area contributed by atoms with Gasteiger partial charge in [0.15, 0.2) is 17.5 Å². The first-order valence-corrected chi connectivity index (χ1v) is 18.6. The molecular weight excluding hydrogens is 703 g/mol. The summed E-state index contributed by atoms with van der Waals surface area (Å²) >= 11 is 0.902. The fourth-order valence-electron chi connectivity index (χ4n) is 7.05. The molecular formula is C51H31N3OS. The van der Waals surface area contributed by atoms with Crippen LogP contribution in [0.5, 0.6) is 0 Å². The Balaban J connectivity index is 1.10. The molecule has 0 atom stereocenters. The first-order chi connectivity index (χ1) is 32.3. The number of aromatic nitrogens is 3. The topological polar surface area (TPSA) is 51.8 Å². The number of hydrogen-bond acceptors (Lipinski definition) is 5. The van der Waals surface area contributed by atoms with Crippen molar-refractivity contribution in [2.24, 2.45) is 0 Å². The average molecular weight is 745 g/mol. The summed E-state index contributed by atoms with van der Waals surface area (Å²) in [6, 6.07) is 33.3. The third-order valence-corrected chi connectivity index (χ3v) is 10.7. The number of nitrogens with zero attached hydrogens (tertiary/aromatic N) is 3. The van der Waals surface area contributed by atoms with E-state index in [1.54, 1.807) is 0 Å². The molecule has 0 amide bonds. The van der Waals surface area contributed by atoms with Crippen molar-refractivity contribution in [3.63, 3.8) is 0 Å². The molecule has 8 aromatic carbocycles. The highest BCUT2D eigenvalue weighted by Crippen LogP contribution is 2.41. The number of rotatable bonds is 6. The van der Waals surface area contributed by atoms with Crippen molar-refractivity contribution in [3.05, 3.63) is 188 Å². The van der Waals surface area contributed by atoms with Gasteiger partial charge in [-0.1, -0.05) is 164 Å². The van der Waals surface area contributed by atoms with Crippen LogP contribution in [-0.4, -0.2) is 15.0 Å². The molecule has 0 spiro atoms. The Kier molecular flexibility index (Phi) is 5.42. The highest BCUT2D eigenvalue weighted by Gasteiger charge is 2.18. The van der Waals surface area contributed by atoms with Gasteiger partial charge in [0.05, 0.1) is 15.1 Å². The zero-order valence-electron chi connectivity index (χ0n) is 40.2. The van der Waals surface area contributed by atoms with Crippen LogP contribution in [0, 0.1) is 0 Å². The molecule has 3 heterocycles. The average Bonchev–Trinajstić information content (AvgIpc) is 3.96. The first-order valence-electron chi connectivity index (χ1n) is 23.3. The third kappa shape index (κ3) is 5.56. The van der Waals surface area contributed by atoms with Gasteiger partial charge in [0.1, 0.15) is 11.2 Å². The van der Waals surface area contributed by atoms with Crippen molar-refractivity contribution in [2.45, 2.75) is 0 Å². The number of para-hydroxylation sites is 2. The second kappa shape index (κ2) is 13.3. The predicted octanol–water partition coefficient (Wildman–Crippen LogP) is 14.1. The maximum atomic E-state index is 9.59. The van der Waals surface area contributed by atoms with E-state index in [2.05, 4.69) is 18.2 Å². The van der Waals surface area contributed by atoms with Gasteiger partial charge in [-0.15, -0.1) is 11.3 Å². The van der Waals surface area contributed by atoms with Crippen LogP contribution in [0.2, 0.25) is 0 Å². The van der Waals surface area contributed by atoms with Crippen LogP contribution in [0.1, 0.15) is 15.1 Å². The maximum Gasteiger partial charge on any atom is 0.164 e. The maximum absolute atomic E-state index is 9.59. The molecule has 11 rings (SSSR count). The van der Waals surface area contributed by atoms with Gasteiger partial charge in [0.2, 0.25) is 0 Å². The molecule has 0 aliphatic heterocycles. The van der Waals surface area contributed by atoms with Crippen LogP contribution in [0.15, 0.2) is 192 Å². The molecule has 0 N–H and O–H groups in total. The molecule has 0 saturated carbocycles. The lowest BCUT2D eigenvalue weighted by atomic mass is 9.99. The van der Waals surface area contributed by atoms with Crippen molar-refractivity contribution < 1.29 is 19.5 Å². The lowest BCUT2D eigenvalue weighted by Crippen LogP contribution is -2.00. The van der Waals surface area contributed by atoms with E-state index in [4.69, 9.17) is 29.0 Å². The third-order valence-electron chi connectivity index (χ3n) is 9.69. The summed E-state index contributed by atoms with van der Waals surface area (Å²) in [7, 11) is 0. The van der Waals surface area contributed by atoms with Crippen LogP contribution in [0.3, 0.4) is 0 Å². The summed E-state index contributed by atoms with van der Waals surface area (Å²) in [6.07, 6.45) is 0. The number of furan rings is 1. The van der Waals surface area contributed by atoms with Gasteiger partial charge in [-0.2, -0.15) is 0 Å². The number of thiophene rings is 1. The number of benzene rings is 8. The SMILES string of the molecule is [2H]c1c([2H])c([2H])c(-c2c([2H])c([2H])c3sc4c([2H])c(-c5nc(-c6ccccc6)nc(-c6cccc(-c7cccc8c7oc7c(-c9ccccc9)cccc78)c6)n5)c([2H])c([2H])c4c3c2[2H])c([2H])c1[2H]. The zero-order valence-corrected chi connectivity index (χ0v) is 30.0. The van der Waals surface area contributed by atoms with E-state index in [9.17, 15) is 5.48 Å². The van der Waals surface area contributed by atoms with Gasteiger partial charge in [0.25, 0.3) is 0 Å². The molecule has 0 fully saturated rings. The first kappa shape index (κ1) is 22.9.